The first-order valence-corrected chi connectivity index (χ1v) is 13.3. The van der Waals surface area contributed by atoms with E-state index >= 15 is 0 Å². The first kappa shape index (κ1) is 27.2. The van der Waals surface area contributed by atoms with Crippen molar-refractivity contribution in [3.05, 3.63) is 105 Å². The molecule has 3 aromatic rings. The first-order valence-electron chi connectivity index (χ1n) is 11.7. The van der Waals surface area contributed by atoms with Gasteiger partial charge in [0.25, 0.3) is 11.1 Å². The van der Waals surface area contributed by atoms with Crippen LogP contribution in [0.25, 0.3) is 6.08 Å². The summed E-state index contributed by atoms with van der Waals surface area (Å²) < 4.78 is 12.4. The highest BCUT2D eigenvalue weighted by atomic mass is 79.9. The molecule has 38 heavy (non-hydrogen) atoms. The summed E-state index contributed by atoms with van der Waals surface area (Å²) in [4.78, 5) is 39.3. The average molecular weight is 593 g/mol. The molecule has 3 aromatic carbocycles. The van der Waals surface area contributed by atoms with Crippen LogP contribution in [0.1, 0.15) is 16.7 Å². The molecule has 0 bridgehead atoms. The number of thioether (sulfide) groups is 1. The second-order valence-corrected chi connectivity index (χ2v) is 10.1. The molecule has 194 valence electrons. The average Bonchev–Trinajstić information content (AvgIpc) is 3.17. The number of allylic oxidation sites excluding steroid dienone is 1. The van der Waals surface area contributed by atoms with E-state index in [1.54, 1.807) is 43.5 Å². The summed E-state index contributed by atoms with van der Waals surface area (Å²) in [6.07, 6.45) is 3.89. The number of imide groups is 1. The van der Waals surface area contributed by atoms with Gasteiger partial charge in [-0.1, -0.05) is 48.5 Å². The number of halogens is 1. The number of nitrogens with one attached hydrogen (secondary N) is 1. The van der Waals surface area contributed by atoms with Gasteiger partial charge in [-0.15, -0.1) is 6.58 Å². The van der Waals surface area contributed by atoms with Crippen LogP contribution in [0, 0.1) is 0 Å². The highest BCUT2D eigenvalue weighted by molar-refractivity contribution is 9.10. The third-order valence-corrected chi connectivity index (χ3v) is 7.18. The number of rotatable bonds is 10. The number of amides is 3. The Bertz CT molecular complexity index is 1410. The summed E-state index contributed by atoms with van der Waals surface area (Å²) in [5.41, 5.74) is 3.06. The SMILES string of the molecule is C=CCc1cc(/C=C2\SC(=O)N(CC(=O)Nc3ccccc3Br)C2=O)cc(OC)c1OCc1ccccc1. The number of methoxy groups -OCH3 is 1. The Balaban J connectivity index is 1.53. The third kappa shape index (κ3) is 6.54. The van der Waals surface area contributed by atoms with Gasteiger partial charge in [0.05, 0.1) is 17.7 Å². The fourth-order valence-electron chi connectivity index (χ4n) is 3.80. The molecule has 9 heteroatoms. The number of carbonyl (C=O) groups is 3. The number of hydrogen-bond acceptors (Lipinski definition) is 6. The molecular formula is C29H25BrN2O5S. The molecule has 3 amide bonds. The van der Waals surface area contributed by atoms with Crippen molar-refractivity contribution in [3.8, 4) is 11.5 Å². The van der Waals surface area contributed by atoms with Crippen molar-refractivity contribution >= 4 is 56.5 Å². The minimum atomic E-state index is -0.532. The van der Waals surface area contributed by atoms with Crippen molar-refractivity contribution < 1.29 is 23.9 Å². The Morgan fingerprint density at radius 1 is 1.11 bits per heavy atom. The van der Waals surface area contributed by atoms with E-state index in [-0.39, 0.29) is 11.4 Å². The normalized spacial score (nSPS) is 14.1. The fourth-order valence-corrected chi connectivity index (χ4v) is 5.02. The smallest absolute Gasteiger partial charge is 0.294 e. The monoisotopic (exact) mass is 592 g/mol. The van der Waals surface area contributed by atoms with Crippen molar-refractivity contribution in [3.63, 3.8) is 0 Å². The lowest BCUT2D eigenvalue weighted by Gasteiger charge is -2.16. The van der Waals surface area contributed by atoms with Crippen LogP contribution in [-0.2, 0) is 22.6 Å². The number of para-hydroxylation sites is 1. The van der Waals surface area contributed by atoms with E-state index in [9.17, 15) is 14.4 Å². The molecule has 0 aliphatic carbocycles. The van der Waals surface area contributed by atoms with E-state index in [4.69, 9.17) is 9.47 Å². The number of anilines is 1. The minimum absolute atomic E-state index is 0.216. The lowest BCUT2D eigenvalue weighted by Crippen LogP contribution is -2.36. The van der Waals surface area contributed by atoms with Gasteiger partial charge in [0.1, 0.15) is 13.2 Å². The van der Waals surface area contributed by atoms with E-state index in [2.05, 4.69) is 27.8 Å². The predicted octanol–water partition coefficient (Wildman–Crippen LogP) is 6.44. The van der Waals surface area contributed by atoms with Crippen LogP contribution in [0.2, 0.25) is 0 Å². The molecule has 0 saturated carbocycles. The van der Waals surface area contributed by atoms with Gasteiger partial charge in [-0.3, -0.25) is 19.3 Å². The number of ether oxygens (including phenoxy) is 2. The maximum atomic E-state index is 13.0. The first-order chi connectivity index (χ1) is 18.4. The molecule has 0 unspecified atom stereocenters. The van der Waals surface area contributed by atoms with Crippen LogP contribution in [0.5, 0.6) is 11.5 Å². The molecule has 0 radical (unpaired) electrons. The Hall–Kier alpha value is -3.82. The molecule has 0 aromatic heterocycles. The van der Waals surface area contributed by atoms with Gasteiger partial charge in [-0.05, 0) is 75.6 Å². The van der Waals surface area contributed by atoms with E-state index in [0.29, 0.717) is 40.3 Å². The van der Waals surface area contributed by atoms with Crippen LogP contribution in [0.4, 0.5) is 10.5 Å². The highest BCUT2D eigenvalue weighted by Crippen LogP contribution is 2.37. The standard InChI is InChI=1S/C29H25BrN2O5S/c1-3-9-21-14-20(15-24(36-2)27(21)37-18-19-10-5-4-6-11-19)16-25-28(34)32(29(35)38-25)17-26(33)31-23-13-8-7-12-22(23)30/h3-8,10-16H,1,9,17-18H2,2H3,(H,31,33)/b25-16-. The molecule has 0 atom stereocenters. The van der Waals surface area contributed by atoms with Gasteiger partial charge in [0.2, 0.25) is 5.91 Å². The molecule has 7 nitrogen and oxygen atoms in total. The molecule has 1 N–H and O–H groups in total. The van der Waals surface area contributed by atoms with Crippen molar-refractivity contribution in [2.24, 2.45) is 0 Å². The predicted molar refractivity (Wildman–Crippen MR) is 153 cm³/mol. The molecule has 4 rings (SSSR count). The fraction of sp³-hybridized carbons (Fsp3) is 0.138. The summed E-state index contributed by atoms with van der Waals surface area (Å²) in [5, 5.41) is 2.20. The Morgan fingerprint density at radius 3 is 2.55 bits per heavy atom. The van der Waals surface area contributed by atoms with Crippen LogP contribution in [0.15, 0.2) is 88.8 Å². The van der Waals surface area contributed by atoms with Crippen molar-refractivity contribution in [2.45, 2.75) is 13.0 Å². The van der Waals surface area contributed by atoms with E-state index in [1.165, 1.54) is 0 Å². The number of carbonyl (C=O) groups excluding carboxylic acids is 3. The quantitative estimate of drug-likeness (QED) is 0.215. The maximum absolute atomic E-state index is 13.0. The van der Waals surface area contributed by atoms with Crippen molar-refractivity contribution in [2.75, 3.05) is 19.0 Å². The van der Waals surface area contributed by atoms with E-state index in [0.717, 1.165) is 27.8 Å². The van der Waals surface area contributed by atoms with Gasteiger partial charge in [-0.2, -0.15) is 0 Å². The summed E-state index contributed by atoms with van der Waals surface area (Å²) in [6.45, 7) is 3.81. The zero-order chi connectivity index (χ0) is 27.1. The number of benzene rings is 3. The second kappa shape index (κ2) is 12.6. The van der Waals surface area contributed by atoms with Crippen LogP contribution in [0.3, 0.4) is 0 Å². The summed E-state index contributed by atoms with van der Waals surface area (Å²) >= 11 is 4.15. The highest BCUT2D eigenvalue weighted by Gasteiger charge is 2.36. The minimum Gasteiger partial charge on any atom is -0.493 e. The molecule has 1 fully saturated rings. The third-order valence-electron chi connectivity index (χ3n) is 5.59. The molecule has 1 heterocycles. The Labute approximate surface area is 233 Å². The lowest BCUT2D eigenvalue weighted by molar-refractivity contribution is -0.127. The van der Waals surface area contributed by atoms with Gasteiger partial charge in [0.15, 0.2) is 11.5 Å². The van der Waals surface area contributed by atoms with Crippen molar-refractivity contribution in [1.82, 2.24) is 4.90 Å². The van der Waals surface area contributed by atoms with Gasteiger partial charge in [-0.25, -0.2) is 0 Å². The summed E-state index contributed by atoms with van der Waals surface area (Å²) in [5.74, 6) is 0.0788. The number of nitrogens with zero attached hydrogens (tertiary/aromatic N) is 1. The van der Waals surface area contributed by atoms with Crippen molar-refractivity contribution in [1.29, 1.82) is 0 Å². The van der Waals surface area contributed by atoms with Gasteiger partial charge >= 0.3 is 0 Å². The maximum Gasteiger partial charge on any atom is 0.294 e. The topological polar surface area (TPSA) is 84.9 Å². The molecule has 1 aliphatic rings. The summed E-state index contributed by atoms with van der Waals surface area (Å²) in [6, 6.07) is 20.5. The molecule has 0 spiro atoms. The second-order valence-electron chi connectivity index (χ2n) is 8.27. The largest absolute Gasteiger partial charge is 0.493 e. The number of hydrogen-bond donors (Lipinski definition) is 1. The van der Waals surface area contributed by atoms with Crippen LogP contribution in [-0.4, -0.2) is 35.6 Å². The molecular weight excluding hydrogens is 568 g/mol. The molecule has 1 saturated heterocycles. The van der Waals surface area contributed by atoms with Crippen LogP contribution >= 0.6 is 27.7 Å². The van der Waals surface area contributed by atoms with Crippen LogP contribution < -0.4 is 14.8 Å². The van der Waals surface area contributed by atoms with Gasteiger partial charge in [0, 0.05) is 10.0 Å². The lowest BCUT2D eigenvalue weighted by atomic mass is 10.0. The zero-order valence-corrected chi connectivity index (χ0v) is 23.0. The Morgan fingerprint density at radius 2 is 1.84 bits per heavy atom. The van der Waals surface area contributed by atoms with E-state index < -0.39 is 17.1 Å². The van der Waals surface area contributed by atoms with Gasteiger partial charge < -0.3 is 14.8 Å². The molecule has 1 aliphatic heterocycles. The zero-order valence-electron chi connectivity index (χ0n) is 20.6. The van der Waals surface area contributed by atoms with E-state index in [1.807, 2.05) is 42.5 Å². The summed E-state index contributed by atoms with van der Waals surface area (Å²) in [7, 11) is 1.55. The Kier molecular flexibility index (Phi) is 9.04.